The number of nitrogens with one attached hydrogen (secondary N) is 2. The third-order valence-electron chi connectivity index (χ3n) is 5.68. The van der Waals surface area contributed by atoms with Crippen LogP contribution in [0, 0.1) is 6.92 Å². The van der Waals surface area contributed by atoms with E-state index in [4.69, 9.17) is 9.72 Å². The Morgan fingerprint density at radius 3 is 2.58 bits per heavy atom. The van der Waals surface area contributed by atoms with E-state index >= 15 is 0 Å². The highest BCUT2D eigenvalue weighted by Gasteiger charge is 2.19. The lowest BCUT2D eigenvalue weighted by molar-refractivity contribution is 0.122. The number of fused-ring (bicyclic) bond motifs is 1. The number of aromatic nitrogens is 9. The van der Waals surface area contributed by atoms with Gasteiger partial charge in [0.2, 0.25) is 0 Å². The highest BCUT2D eigenvalue weighted by atomic mass is 16.5. The molecule has 1 aliphatic rings. The van der Waals surface area contributed by atoms with E-state index < -0.39 is 0 Å². The molecule has 2 N–H and O–H groups in total. The fourth-order valence-corrected chi connectivity index (χ4v) is 4.05. The van der Waals surface area contributed by atoms with Gasteiger partial charge in [-0.25, -0.2) is 19.5 Å². The Bertz CT molecular complexity index is 1500. The Labute approximate surface area is 206 Å². The van der Waals surface area contributed by atoms with Crippen molar-refractivity contribution in [2.45, 2.75) is 6.92 Å². The second-order valence-electron chi connectivity index (χ2n) is 8.29. The third kappa shape index (κ3) is 4.38. The molecule has 1 saturated heterocycles. The van der Waals surface area contributed by atoms with E-state index in [0.29, 0.717) is 59.3 Å². The number of anilines is 5. The van der Waals surface area contributed by atoms with E-state index in [1.807, 2.05) is 56.6 Å². The summed E-state index contributed by atoms with van der Waals surface area (Å²) >= 11 is 0. The normalized spacial score (nSPS) is 13.8. The third-order valence-corrected chi connectivity index (χ3v) is 5.68. The van der Waals surface area contributed by atoms with Gasteiger partial charge in [-0.2, -0.15) is 10.2 Å². The molecule has 0 radical (unpaired) electrons. The average Bonchev–Trinajstić information content (AvgIpc) is 3.47. The molecule has 0 saturated carbocycles. The van der Waals surface area contributed by atoms with Crippen LogP contribution < -0.4 is 15.5 Å². The van der Waals surface area contributed by atoms with E-state index in [-0.39, 0.29) is 0 Å². The van der Waals surface area contributed by atoms with Crippen molar-refractivity contribution in [3.63, 3.8) is 0 Å². The molecular weight excluding hydrogens is 460 g/mol. The van der Waals surface area contributed by atoms with Gasteiger partial charge in [-0.05, 0) is 31.2 Å². The zero-order valence-corrected chi connectivity index (χ0v) is 19.8. The molecule has 0 spiro atoms. The molecule has 0 atom stereocenters. The first-order chi connectivity index (χ1) is 17.6. The summed E-state index contributed by atoms with van der Waals surface area (Å²) in [4.78, 5) is 16.1. The minimum absolute atomic E-state index is 0.583. The van der Waals surface area contributed by atoms with Crippen molar-refractivity contribution in [2.75, 3.05) is 41.8 Å². The van der Waals surface area contributed by atoms with Crippen LogP contribution >= 0.6 is 0 Å². The molecule has 0 unspecified atom stereocenters. The first-order valence-electron chi connectivity index (χ1n) is 11.5. The van der Waals surface area contributed by atoms with E-state index in [1.165, 1.54) is 0 Å². The van der Waals surface area contributed by atoms with E-state index in [9.17, 15) is 0 Å². The van der Waals surface area contributed by atoms with Gasteiger partial charge in [0.05, 0.1) is 18.9 Å². The molecule has 1 fully saturated rings. The van der Waals surface area contributed by atoms with Gasteiger partial charge in [0.25, 0.3) is 0 Å². The smallest absolute Gasteiger partial charge is 0.162 e. The van der Waals surface area contributed by atoms with Crippen molar-refractivity contribution >= 4 is 34.7 Å². The second-order valence-corrected chi connectivity index (χ2v) is 8.29. The number of hydrogen-bond acceptors (Lipinski definition) is 11. The summed E-state index contributed by atoms with van der Waals surface area (Å²) in [6.45, 7) is 4.83. The predicted octanol–water partition coefficient (Wildman–Crippen LogP) is 2.34. The van der Waals surface area contributed by atoms with Gasteiger partial charge in [0.1, 0.15) is 17.3 Å². The summed E-state index contributed by atoms with van der Waals surface area (Å²) in [5.41, 5.74) is 2.02. The molecule has 1 aliphatic heterocycles. The van der Waals surface area contributed by atoms with E-state index in [2.05, 4.69) is 45.9 Å². The Kier molecular flexibility index (Phi) is 5.58. The maximum atomic E-state index is 5.41. The van der Waals surface area contributed by atoms with E-state index in [0.717, 1.165) is 18.9 Å². The molecule has 13 heteroatoms. The number of ether oxygens (including phenoxy) is 1. The topological polar surface area (TPSA) is 136 Å². The van der Waals surface area contributed by atoms with Crippen LogP contribution in [0.5, 0.6) is 0 Å². The van der Waals surface area contributed by atoms with Crippen molar-refractivity contribution in [2.24, 2.45) is 7.05 Å². The summed E-state index contributed by atoms with van der Waals surface area (Å²) in [6.07, 6.45) is 3.57. The van der Waals surface area contributed by atoms with Crippen LogP contribution in [-0.2, 0) is 11.8 Å². The molecule has 6 heterocycles. The molecule has 182 valence electrons. The standard InChI is InChI=1S/C23H24N12O/c1-15-25-16(14-19(26-15)27-17-5-6-21(31-30-17)34-10-12-36-13-11-34)22-23(28-18-7-9-33(2)32-18)29-20-4-3-8-24-35(20)22/h3-9,14H,10-13H2,1-2H3,(H,28,32)(H,25,26,27,30). The maximum absolute atomic E-state index is 5.41. The van der Waals surface area contributed by atoms with Crippen LogP contribution in [0.2, 0.25) is 0 Å². The maximum Gasteiger partial charge on any atom is 0.162 e. The SMILES string of the molecule is Cc1nc(Nc2ccc(N3CCOCC3)nn2)cc(-c2c(Nc3ccn(C)n3)nc3cccnn23)n1. The van der Waals surface area contributed by atoms with Crippen LogP contribution in [-0.4, -0.2) is 70.8 Å². The largest absolute Gasteiger partial charge is 0.378 e. The Balaban J connectivity index is 1.33. The lowest BCUT2D eigenvalue weighted by Crippen LogP contribution is -2.36. The molecule has 13 nitrogen and oxygen atoms in total. The van der Waals surface area contributed by atoms with Gasteiger partial charge in [-0.3, -0.25) is 4.68 Å². The lowest BCUT2D eigenvalue weighted by Gasteiger charge is -2.27. The highest BCUT2D eigenvalue weighted by Crippen LogP contribution is 2.30. The highest BCUT2D eigenvalue weighted by molar-refractivity contribution is 5.78. The number of hydrogen-bond donors (Lipinski definition) is 2. The van der Waals surface area contributed by atoms with Crippen LogP contribution in [0.25, 0.3) is 17.0 Å². The first kappa shape index (κ1) is 21.9. The summed E-state index contributed by atoms with van der Waals surface area (Å²) in [6, 6.07) is 11.3. The van der Waals surface area contributed by atoms with Crippen molar-refractivity contribution < 1.29 is 4.74 Å². The molecule has 0 bridgehead atoms. The lowest BCUT2D eigenvalue weighted by atomic mass is 10.2. The molecule has 5 aromatic rings. The Morgan fingerprint density at radius 2 is 1.81 bits per heavy atom. The molecular formula is C23H24N12O. The van der Waals surface area contributed by atoms with Crippen molar-refractivity contribution in [3.05, 3.63) is 54.6 Å². The van der Waals surface area contributed by atoms with Crippen molar-refractivity contribution in [3.8, 4) is 11.4 Å². The van der Waals surface area contributed by atoms with Crippen molar-refractivity contribution in [1.29, 1.82) is 0 Å². The number of morpholine rings is 1. The predicted molar refractivity (Wildman–Crippen MR) is 134 cm³/mol. The summed E-state index contributed by atoms with van der Waals surface area (Å²) in [5.74, 6) is 3.83. The van der Waals surface area contributed by atoms with Crippen molar-refractivity contribution in [1.82, 2.24) is 44.5 Å². The minimum atomic E-state index is 0.583. The van der Waals surface area contributed by atoms with Crippen LogP contribution in [0.4, 0.5) is 29.1 Å². The summed E-state index contributed by atoms with van der Waals surface area (Å²) in [7, 11) is 1.86. The molecule has 0 aliphatic carbocycles. The fourth-order valence-electron chi connectivity index (χ4n) is 4.05. The van der Waals surface area contributed by atoms with Gasteiger partial charge < -0.3 is 20.3 Å². The van der Waals surface area contributed by atoms with Crippen LogP contribution in [0.3, 0.4) is 0 Å². The van der Waals surface area contributed by atoms with Gasteiger partial charge in [0.15, 0.2) is 28.9 Å². The number of nitrogens with zero attached hydrogens (tertiary/aromatic N) is 10. The monoisotopic (exact) mass is 484 g/mol. The number of aryl methyl sites for hydroxylation is 2. The van der Waals surface area contributed by atoms with Gasteiger partial charge in [0, 0.05) is 44.7 Å². The Morgan fingerprint density at radius 1 is 0.917 bits per heavy atom. The molecule has 36 heavy (non-hydrogen) atoms. The van der Waals surface area contributed by atoms with Gasteiger partial charge in [-0.15, -0.1) is 10.2 Å². The first-order valence-corrected chi connectivity index (χ1v) is 11.5. The minimum Gasteiger partial charge on any atom is -0.378 e. The number of rotatable bonds is 6. The zero-order chi connectivity index (χ0) is 24.5. The molecule has 0 amide bonds. The summed E-state index contributed by atoms with van der Waals surface area (Å²) < 4.78 is 8.87. The Hall–Kier alpha value is -4.65. The quantitative estimate of drug-likeness (QED) is 0.367. The van der Waals surface area contributed by atoms with Crippen LogP contribution in [0.15, 0.2) is 48.8 Å². The second kappa shape index (κ2) is 9.19. The average molecular weight is 485 g/mol. The fraction of sp³-hybridized carbons (Fsp3) is 0.261. The molecule has 0 aromatic carbocycles. The van der Waals surface area contributed by atoms with Crippen LogP contribution in [0.1, 0.15) is 5.82 Å². The van der Waals surface area contributed by atoms with Gasteiger partial charge in [-0.1, -0.05) is 0 Å². The molecule has 5 aromatic heterocycles. The molecule has 6 rings (SSSR count). The van der Waals surface area contributed by atoms with Gasteiger partial charge >= 0.3 is 0 Å². The zero-order valence-electron chi connectivity index (χ0n) is 19.8. The summed E-state index contributed by atoms with van der Waals surface area (Å²) in [5, 5.41) is 24.1. The van der Waals surface area contributed by atoms with E-state index in [1.54, 1.807) is 15.4 Å². The number of imidazole rings is 1.